The van der Waals surface area contributed by atoms with E-state index >= 15 is 0 Å². The summed E-state index contributed by atoms with van der Waals surface area (Å²) in [7, 11) is -2.85. The van der Waals surface area contributed by atoms with Gasteiger partial charge in [-0.2, -0.15) is 0 Å². The molecule has 0 unspecified atom stereocenters. The second-order valence-corrected chi connectivity index (χ2v) is 9.56. The van der Waals surface area contributed by atoms with Crippen molar-refractivity contribution >= 4 is 18.8 Å². The van der Waals surface area contributed by atoms with Gasteiger partial charge in [0, 0.05) is 29.3 Å². The van der Waals surface area contributed by atoms with Crippen LogP contribution in [0.5, 0.6) is 0 Å². The van der Waals surface area contributed by atoms with E-state index in [1.165, 1.54) is 19.3 Å². The van der Waals surface area contributed by atoms with E-state index in [0.29, 0.717) is 17.4 Å². The third kappa shape index (κ3) is 5.47. The van der Waals surface area contributed by atoms with E-state index < -0.39 is 7.29 Å². The summed E-state index contributed by atoms with van der Waals surface area (Å²) in [6.07, 6.45) is 4.66. The monoisotopic (exact) mass is 395 g/mol. The first kappa shape index (κ1) is 20.6. The molecule has 0 spiro atoms. The molecule has 0 radical (unpaired) electrons. The summed E-state index contributed by atoms with van der Waals surface area (Å²) >= 11 is 0. The largest absolute Gasteiger partial charge is 0.456 e. The molecule has 1 atom stereocenters. The molecular weight excluding hydrogens is 365 g/mol. The Morgan fingerprint density at radius 3 is 1.89 bits per heavy atom. The van der Waals surface area contributed by atoms with E-state index in [2.05, 4.69) is 18.9 Å². The van der Waals surface area contributed by atoms with Crippen molar-refractivity contribution in [2.24, 2.45) is 5.92 Å². The molecule has 0 aliphatic carbocycles. The SMILES string of the molecule is CCCC[C@H](CC)CNP1(=O)C=C(c2ccccc2)OC(c2ccccc2)=C1. The lowest BCUT2D eigenvalue weighted by atomic mass is 10.00. The lowest BCUT2D eigenvalue weighted by Crippen LogP contribution is -2.20. The molecule has 3 nitrogen and oxygen atoms in total. The quantitative estimate of drug-likeness (QED) is 0.460. The van der Waals surface area contributed by atoms with Gasteiger partial charge in [0.05, 0.1) is 0 Å². The van der Waals surface area contributed by atoms with E-state index in [1.54, 1.807) is 11.6 Å². The number of hydrogen-bond donors (Lipinski definition) is 1. The van der Waals surface area contributed by atoms with Crippen LogP contribution < -0.4 is 5.09 Å². The fourth-order valence-electron chi connectivity index (χ4n) is 3.33. The van der Waals surface area contributed by atoms with Crippen molar-refractivity contribution in [3.63, 3.8) is 0 Å². The molecule has 1 aliphatic heterocycles. The minimum absolute atomic E-state index is 0.538. The Labute approximate surface area is 168 Å². The normalized spacial score (nSPS) is 16.6. The zero-order valence-corrected chi connectivity index (χ0v) is 17.7. The highest BCUT2D eigenvalue weighted by Crippen LogP contribution is 2.53. The van der Waals surface area contributed by atoms with Crippen LogP contribution in [0.2, 0.25) is 0 Å². The fourth-order valence-corrected chi connectivity index (χ4v) is 5.24. The van der Waals surface area contributed by atoms with Gasteiger partial charge in [-0.25, -0.2) is 0 Å². The highest BCUT2D eigenvalue weighted by atomic mass is 31.2. The molecule has 0 amide bonds. The highest BCUT2D eigenvalue weighted by molar-refractivity contribution is 7.68. The Bertz CT molecular complexity index is 799. The average Bonchev–Trinajstić information content (AvgIpc) is 2.75. The van der Waals surface area contributed by atoms with Gasteiger partial charge in [0.1, 0.15) is 11.5 Å². The number of nitrogens with one attached hydrogen (secondary N) is 1. The number of unbranched alkanes of at least 4 members (excludes halogenated alkanes) is 1. The lowest BCUT2D eigenvalue weighted by molar-refractivity contribution is 0.443. The zero-order valence-electron chi connectivity index (χ0n) is 16.8. The lowest BCUT2D eigenvalue weighted by Gasteiger charge is -2.25. The number of ether oxygens (including phenoxy) is 1. The fraction of sp³-hybridized carbons (Fsp3) is 0.333. The van der Waals surface area contributed by atoms with Gasteiger partial charge in [-0.1, -0.05) is 93.8 Å². The van der Waals surface area contributed by atoms with Gasteiger partial charge < -0.3 is 4.74 Å². The van der Waals surface area contributed by atoms with Gasteiger partial charge in [-0.15, -0.1) is 0 Å². The van der Waals surface area contributed by atoms with E-state index in [9.17, 15) is 4.57 Å². The van der Waals surface area contributed by atoms with Crippen molar-refractivity contribution in [3.05, 3.63) is 83.4 Å². The topological polar surface area (TPSA) is 38.3 Å². The van der Waals surface area contributed by atoms with E-state index in [0.717, 1.165) is 24.1 Å². The standard InChI is InChI=1S/C24H30NO2P/c1-3-5-12-20(4-2)17-25-28(26)18-23(21-13-8-6-9-14-21)27-24(19-28)22-15-10-7-11-16-22/h6-11,13-16,18-20H,3-5,12,17H2,1-2H3,(H,25,26)/t20-/m0/s1. The van der Waals surface area contributed by atoms with Gasteiger partial charge in [0.2, 0.25) is 0 Å². The van der Waals surface area contributed by atoms with E-state index in [-0.39, 0.29) is 0 Å². The molecule has 3 rings (SSSR count). The van der Waals surface area contributed by atoms with Crippen molar-refractivity contribution in [1.29, 1.82) is 0 Å². The number of benzene rings is 2. The maximum absolute atomic E-state index is 13.8. The Kier molecular flexibility index (Phi) is 7.30. The number of rotatable bonds is 9. The molecule has 0 aromatic heterocycles. The molecule has 148 valence electrons. The van der Waals surface area contributed by atoms with Crippen LogP contribution >= 0.6 is 7.29 Å². The first-order valence-electron chi connectivity index (χ1n) is 10.2. The molecule has 0 saturated heterocycles. The Morgan fingerprint density at radius 2 is 1.43 bits per heavy atom. The smallest absolute Gasteiger partial charge is 0.198 e. The molecule has 0 saturated carbocycles. The third-order valence-electron chi connectivity index (χ3n) is 5.12. The Morgan fingerprint density at radius 1 is 0.893 bits per heavy atom. The van der Waals surface area contributed by atoms with Crippen molar-refractivity contribution in [2.75, 3.05) is 6.54 Å². The summed E-state index contributed by atoms with van der Waals surface area (Å²) in [4.78, 5) is 0. The summed E-state index contributed by atoms with van der Waals surface area (Å²) in [5.74, 6) is 5.40. The van der Waals surface area contributed by atoms with Gasteiger partial charge in [0.25, 0.3) is 0 Å². The van der Waals surface area contributed by atoms with Crippen LogP contribution in [0.4, 0.5) is 0 Å². The predicted octanol–water partition coefficient (Wildman–Crippen LogP) is 7.10. The molecule has 0 bridgehead atoms. The minimum Gasteiger partial charge on any atom is -0.456 e. The van der Waals surface area contributed by atoms with Gasteiger partial charge >= 0.3 is 0 Å². The Balaban J connectivity index is 1.88. The van der Waals surface area contributed by atoms with Crippen molar-refractivity contribution < 1.29 is 9.30 Å². The average molecular weight is 395 g/mol. The van der Waals surface area contributed by atoms with Crippen LogP contribution in [0.3, 0.4) is 0 Å². The molecule has 4 heteroatoms. The van der Waals surface area contributed by atoms with E-state index in [1.807, 2.05) is 60.7 Å². The van der Waals surface area contributed by atoms with Crippen LogP contribution in [0, 0.1) is 5.92 Å². The first-order valence-corrected chi connectivity index (χ1v) is 12.1. The predicted molar refractivity (Wildman–Crippen MR) is 119 cm³/mol. The maximum Gasteiger partial charge on any atom is 0.198 e. The summed E-state index contributed by atoms with van der Waals surface area (Å²) in [6, 6.07) is 19.8. The molecule has 2 aromatic carbocycles. The molecule has 2 aromatic rings. The van der Waals surface area contributed by atoms with Crippen LogP contribution in [-0.2, 0) is 9.30 Å². The third-order valence-corrected chi connectivity index (χ3v) is 7.04. The summed E-state index contributed by atoms with van der Waals surface area (Å²) in [6.45, 7) is 5.17. The first-order chi connectivity index (χ1) is 13.6. The van der Waals surface area contributed by atoms with Crippen molar-refractivity contribution in [3.8, 4) is 0 Å². The summed E-state index contributed by atoms with van der Waals surface area (Å²) in [5, 5.41) is 3.38. The van der Waals surface area contributed by atoms with E-state index in [4.69, 9.17) is 4.74 Å². The second-order valence-electron chi connectivity index (χ2n) is 7.31. The molecule has 1 N–H and O–H groups in total. The maximum atomic E-state index is 13.8. The van der Waals surface area contributed by atoms with Crippen LogP contribution in [0.15, 0.2) is 72.3 Å². The van der Waals surface area contributed by atoms with Gasteiger partial charge in [-0.05, 0) is 12.3 Å². The summed E-state index contributed by atoms with van der Waals surface area (Å²) in [5.41, 5.74) is 1.87. The van der Waals surface area contributed by atoms with Crippen LogP contribution in [0.25, 0.3) is 11.5 Å². The molecule has 1 heterocycles. The van der Waals surface area contributed by atoms with Crippen molar-refractivity contribution in [1.82, 2.24) is 5.09 Å². The van der Waals surface area contributed by atoms with Crippen LogP contribution in [0.1, 0.15) is 50.7 Å². The molecule has 28 heavy (non-hydrogen) atoms. The molecule has 0 fully saturated rings. The highest BCUT2D eigenvalue weighted by Gasteiger charge is 2.27. The van der Waals surface area contributed by atoms with Crippen LogP contribution in [-0.4, -0.2) is 6.54 Å². The van der Waals surface area contributed by atoms with Gasteiger partial charge in [-0.3, -0.25) is 9.65 Å². The zero-order chi connectivity index (χ0) is 19.8. The molecule has 1 aliphatic rings. The minimum atomic E-state index is -2.85. The molecular formula is C24H30NO2P. The summed E-state index contributed by atoms with van der Waals surface area (Å²) < 4.78 is 19.9. The number of hydrogen-bond acceptors (Lipinski definition) is 2. The second kappa shape index (κ2) is 9.91. The Hall–Kier alpha value is -2.09. The van der Waals surface area contributed by atoms with Gasteiger partial charge in [0.15, 0.2) is 7.29 Å². The van der Waals surface area contributed by atoms with Crippen molar-refractivity contribution in [2.45, 2.75) is 39.5 Å².